The summed E-state index contributed by atoms with van der Waals surface area (Å²) < 4.78 is 1.01. The number of nitrogens with two attached hydrogens (primary N) is 1. The molecule has 5 nitrogen and oxygen atoms in total. The van der Waals surface area contributed by atoms with Crippen LogP contribution in [0, 0.1) is 0 Å². The fraction of sp³-hybridized carbons (Fsp3) is 0.900. The number of carboxylic acid groups (broad SMARTS) is 1. The topological polar surface area (TPSA) is 78.5 Å². The van der Waals surface area contributed by atoms with Crippen LogP contribution < -0.4 is 10.8 Å². The number of quaternary nitrogens is 1. The van der Waals surface area contributed by atoms with E-state index in [4.69, 9.17) is 20.6 Å². The molecule has 1 aliphatic rings. The maximum atomic E-state index is 8.89. The zero-order chi connectivity index (χ0) is 19.0. The number of rotatable bonds is 13. The van der Waals surface area contributed by atoms with Crippen molar-refractivity contribution >= 4 is 11.8 Å². The lowest BCUT2D eigenvalue weighted by Crippen LogP contribution is -2.49. The Hall–Kier alpha value is -0.940. The number of nitrogens with zero attached hydrogens (tertiary/aromatic N) is 2. The normalized spacial score (nSPS) is 19.3. The minimum atomic E-state index is -1.08. The van der Waals surface area contributed by atoms with Gasteiger partial charge in [-0.15, -0.1) is 0 Å². The average molecular weight is 356 g/mol. The monoisotopic (exact) mass is 355 g/mol. The van der Waals surface area contributed by atoms with Gasteiger partial charge in [-0.05, 0) is 13.3 Å². The second kappa shape index (κ2) is 15.3. The molecule has 25 heavy (non-hydrogen) atoms. The molecule has 0 aromatic heterocycles. The number of hydrogen-bond donors (Lipinski definition) is 1. The van der Waals surface area contributed by atoms with Gasteiger partial charge in [-0.3, -0.25) is 4.48 Å². The van der Waals surface area contributed by atoms with E-state index < -0.39 is 5.97 Å². The van der Waals surface area contributed by atoms with Crippen molar-refractivity contribution in [3.63, 3.8) is 0 Å². The van der Waals surface area contributed by atoms with Crippen molar-refractivity contribution in [3.05, 3.63) is 0 Å². The molecule has 1 unspecified atom stereocenters. The van der Waals surface area contributed by atoms with Crippen LogP contribution in [0.25, 0.3) is 0 Å². The van der Waals surface area contributed by atoms with E-state index >= 15 is 0 Å². The third-order valence-corrected chi connectivity index (χ3v) is 4.89. The minimum absolute atomic E-state index is 0.771. The maximum absolute atomic E-state index is 8.89. The van der Waals surface area contributed by atoms with Crippen molar-refractivity contribution in [1.29, 1.82) is 0 Å². The Balaban J connectivity index is 0.00000129. The lowest BCUT2D eigenvalue weighted by atomic mass is 10.1. The summed E-state index contributed by atoms with van der Waals surface area (Å²) in [7, 11) is 2.30. The van der Waals surface area contributed by atoms with Gasteiger partial charge in [0.2, 0.25) is 0 Å². The molecule has 1 rings (SSSR count). The maximum Gasteiger partial charge on any atom is 0.198 e. The van der Waals surface area contributed by atoms with Crippen molar-refractivity contribution in [2.45, 2.75) is 84.5 Å². The van der Waals surface area contributed by atoms with Crippen LogP contribution in [0.2, 0.25) is 0 Å². The van der Waals surface area contributed by atoms with Gasteiger partial charge in [-0.2, -0.15) is 0 Å². The molecule has 0 saturated heterocycles. The van der Waals surface area contributed by atoms with Crippen molar-refractivity contribution in [3.8, 4) is 0 Å². The van der Waals surface area contributed by atoms with Gasteiger partial charge < -0.3 is 15.6 Å². The van der Waals surface area contributed by atoms with E-state index in [1.165, 1.54) is 76.5 Å². The molecule has 0 aliphatic carbocycles. The molecule has 0 fully saturated rings. The lowest BCUT2D eigenvalue weighted by Gasteiger charge is -2.29. The summed E-state index contributed by atoms with van der Waals surface area (Å²) in [4.78, 5) is 13.6. The van der Waals surface area contributed by atoms with Crippen molar-refractivity contribution in [2.75, 3.05) is 33.2 Å². The number of hydrogen-bond acceptors (Lipinski definition) is 4. The Morgan fingerprint density at radius 2 is 1.56 bits per heavy atom. The smallest absolute Gasteiger partial charge is 0.198 e. The number of aliphatic imine (C=N–C) groups is 1. The number of carboxylic acids is 1. The molecule has 1 aliphatic heterocycles. The zero-order valence-electron chi connectivity index (χ0n) is 16.9. The van der Waals surface area contributed by atoms with Crippen LogP contribution in [0.5, 0.6) is 0 Å². The van der Waals surface area contributed by atoms with Crippen molar-refractivity contribution < 1.29 is 14.4 Å². The summed E-state index contributed by atoms with van der Waals surface area (Å²) >= 11 is 0. The first-order valence-corrected chi connectivity index (χ1v) is 10.2. The number of likely N-dealkylation sites (N-methyl/N-ethyl adjacent to an activating group) is 1. The van der Waals surface area contributed by atoms with Crippen LogP contribution in [0.1, 0.15) is 84.5 Å². The summed E-state index contributed by atoms with van der Waals surface area (Å²) in [5.41, 5.74) is 5.74. The molecule has 0 radical (unpaired) electrons. The molecule has 0 bridgehead atoms. The molecule has 0 saturated carbocycles. The summed E-state index contributed by atoms with van der Waals surface area (Å²) in [6, 6.07) is 0. The Bertz CT molecular complexity index is 368. The molecule has 148 valence electrons. The molecule has 5 heteroatoms. The standard InChI is InChI=1S/C18H38N3.C2H4O2/c1-3-4-5-6-7-8-9-10-11-12-13-18-20-15-17-21(18,2)16-14-19;1-2(3)4/h3-17,19H2,1-2H3;1H3,(H,3,4)/q+1;/p-1. The second-order valence-electron chi connectivity index (χ2n) is 7.35. The van der Waals surface area contributed by atoms with E-state index in [2.05, 4.69) is 14.0 Å². The van der Waals surface area contributed by atoms with Gasteiger partial charge >= 0.3 is 0 Å². The Kier molecular flexibility index (Phi) is 14.7. The largest absolute Gasteiger partial charge is 0.550 e. The molecular formula is C20H41N3O2. The van der Waals surface area contributed by atoms with Gasteiger partial charge in [0.25, 0.3) is 0 Å². The quantitative estimate of drug-likeness (QED) is 0.407. The number of aliphatic carboxylic acids is 1. The highest BCUT2D eigenvalue weighted by molar-refractivity contribution is 5.76. The first kappa shape index (κ1) is 24.1. The van der Waals surface area contributed by atoms with Crippen LogP contribution in [0.4, 0.5) is 0 Å². The number of carbonyl (C=O) groups is 1. The second-order valence-corrected chi connectivity index (χ2v) is 7.35. The van der Waals surface area contributed by atoms with Gasteiger partial charge in [0, 0.05) is 18.9 Å². The molecule has 2 N–H and O–H groups in total. The Morgan fingerprint density at radius 3 is 2.04 bits per heavy atom. The molecule has 0 amide bonds. The number of carbonyl (C=O) groups excluding carboxylic acids is 1. The van der Waals surface area contributed by atoms with Crippen molar-refractivity contribution in [2.24, 2.45) is 10.7 Å². The van der Waals surface area contributed by atoms with E-state index in [0.29, 0.717) is 0 Å². The molecule has 0 aromatic carbocycles. The van der Waals surface area contributed by atoms with Gasteiger partial charge in [0.15, 0.2) is 5.84 Å². The molecular weight excluding hydrogens is 314 g/mol. The summed E-state index contributed by atoms with van der Waals surface area (Å²) in [5, 5.41) is 8.89. The molecule has 1 atom stereocenters. The first-order chi connectivity index (χ1) is 12.0. The van der Waals surface area contributed by atoms with E-state index in [-0.39, 0.29) is 0 Å². The van der Waals surface area contributed by atoms with Crippen LogP contribution in [-0.2, 0) is 4.79 Å². The number of amidine groups is 1. The van der Waals surface area contributed by atoms with E-state index in [1.54, 1.807) is 0 Å². The number of unbranched alkanes of at least 4 members (excludes halogenated alkanes) is 9. The van der Waals surface area contributed by atoms with Gasteiger partial charge in [0.05, 0.1) is 20.1 Å². The highest BCUT2D eigenvalue weighted by Crippen LogP contribution is 2.17. The third-order valence-electron chi connectivity index (χ3n) is 4.89. The molecule has 1 heterocycles. The Morgan fingerprint density at radius 1 is 1.08 bits per heavy atom. The predicted octanol–water partition coefficient (Wildman–Crippen LogP) is 2.87. The summed E-state index contributed by atoms with van der Waals surface area (Å²) in [6.45, 7) is 7.24. The van der Waals surface area contributed by atoms with Gasteiger partial charge in [-0.1, -0.05) is 64.7 Å². The lowest BCUT2D eigenvalue weighted by molar-refractivity contribution is -0.813. The van der Waals surface area contributed by atoms with Crippen molar-refractivity contribution in [1.82, 2.24) is 0 Å². The van der Waals surface area contributed by atoms with E-state index in [0.717, 1.165) is 37.6 Å². The van der Waals surface area contributed by atoms with E-state index in [9.17, 15) is 0 Å². The van der Waals surface area contributed by atoms with Crippen LogP contribution in [0.15, 0.2) is 4.99 Å². The average Bonchev–Trinajstić information content (AvgIpc) is 2.90. The minimum Gasteiger partial charge on any atom is -0.550 e. The highest BCUT2D eigenvalue weighted by atomic mass is 16.4. The Labute approximate surface area is 155 Å². The van der Waals surface area contributed by atoms with E-state index in [1.807, 2.05) is 0 Å². The predicted molar refractivity (Wildman–Crippen MR) is 104 cm³/mol. The fourth-order valence-electron chi connectivity index (χ4n) is 3.34. The molecule has 0 aromatic rings. The highest BCUT2D eigenvalue weighted by Gasteiger charge is 2.31. The van der Waals surface area contributed by atoms with Gasteiger partial charge in [-0.25, -0.2) is 4.99 Å². The van der Waals surface area contributed by atoms with Crippen LogP contribution in [-0.4, -0.2) is 49.5 Å². The van der Waals surface area contributed by atoms with Crippen LogP contribution >= 0.6 is 0 Å². The summed E-state index contributed by atoms with van der Waals surface area (Å²) in [6.07, 6.45) is 15.2. The fourth-order valence-corrected chi connectivity index (χ4v) is 3.34. The summed E-state index contributed by atoms with van der Waals surface area (Å²) in [5.74, 6) is 0.319. The SMILES string of the molecule is CC(=O)[O-].CCCCCCCCCCCCC1=NCC[N+]1(C)CCN. The first-order valence-electron chi connectivity index (χ1n) is 10.2. The molecule has 0 spiro atoms. The van der Waals surface area contributed by atoms with Gasteiger partial charge in [0.1, 0.15) is 6.54 Å². The van der Waals surface area contributed by atoms with Crippen LogP contribution in [0.3, 0.4) is 0 Å². The zero-order valence-corrected chi connectivity index (χ0v) is 16.9. The third kappa shape index (κ3) is 13.0.